The van der Waals surface area contributed by atoms with Gasteiger partial charge in [-0.15, -0.1) is 0 Å². The molecule has 2 nitrogen and oxygen atoms in total. The third kappa shape index (κ3) is 2.82. The van der Waals surface area contributed by atoms with Crippen LogP contribution in [0.2, 0.25) is 5.02 Å². The Balaban J connectivity index is 2.78. The number of hydrogen-bond donors (Lipinski definition) is 1. The van der Waals surface area contributed by atoms with Crippen molar-refractivity contribution >= 4 is 17.4 Å². The molecule has 1 aromatic carbocycles. The molecule has 3 heteroatoms. The summed E-state index contributed by atoms with van der Waals surface area (Å²) in [5.41, 5.74) is 0.471. The van der Waals surface area contributed by atoms with Gasteiger partial charge in [-0.1, -0.05) is 37.1 Å². The molecule has 1 N–H and O–H groups in total. The van der Waals surface area contributed by atoms with E-state index in [1.54, 1.807) is 24.3 Å². The fourth-order valence-electron chi connectivity index (χ4n) is 1.24. The van der Waals surface area contributed by atoms with Crippen molar-refractivity contribution in [1.29, 1.82) is 0 Å². The van der Waals surface area contributed by atoms with Crippen molar-refractivity contribution in [3.63, 3.8) is 0 Å². The van der Waals surface area contributed by atoms with Gasteiger partial charge in [0.05, 0.1) is 0 Å². The first-order valence-electron chi connectivity index (χ1n) is 4.63. The van der Waals surface area contributed by atoms with Crippen molar-refractivity contribution in [3.05, 3.63) is 34.9 Å². The van der Waals surface area contributed by atoms with Crippen LogP contribution in [0.25, 0.3) is 0 Å². The summed E-state index contributed by atoms with van der Waals surface area (Å²) < 4.78 is 0. The summed E-state index contributed by atoms with van der Waals surface area (Å²) in [6, 6.07) is 6.63. The molecule has 1 rings (SSSR count). The molecule has 0 saturated heterocycles. The lowest BCUT2D eigenvalue weighted by Crippen LogP contribution is -2.19. The summed E-state index contributed by atoms with van der Waals surface area (Å²) in [5.74, 6) is -0.255. The predicted molar refractivity (Wildman–Crippen MR) is 56.7 cm³/mol. The lowest BCUT2D eigenvalue weighted by atomic mass is 10.0. The highest BCUT2D eigenvalue weighted by Crippen LogP contribution is 2.13. The molecule has 1 aromatic rings. The van der Waals surface area contributed by atoms with Crippen LogP contribution in [0.15, 0.2) is 24.3 Å². The molecule has 0 radical (unpaired) electrons. The molecule has 0 aromatic heterocycles. The first-order valence-corrected chi connectivity index (χ1v) is 5.00. The van der Waals surface area contributed by atoms with Gasteiger partial charge in [0, 0.05) is 10.6 Å². The van der Waals surface area contributed by atoms with Crippen molar-refractivity contribution in [3.8, 4) is 0 Å². The Kier molecular flexibility index (Phi) is 4.11. The van der Waals surface area contributed by atoms with Gasteiger partial charge in [-0.2, -0.15) is 0 Å². The Morgan fingerprint density at radius 1 is 1.57 bits per heavy atom. The van der Waals surface area contributed by atoms with Gasteiger partial charge in [0.15, 0.2) is 5.78 Å². The highest BCUT2D eigenvalue weighted by atomic mass is 35.5. The average Bonchev–Trinajstić information content (AvgIpc) is 2.17. The highest BCUT2D eigenvalue weighted by molar-refractivity contribution is 6.31. The van der Waals surface area contributed by atoms with Gasteiger partial charge in [-0.3, -0.25) is 4.79 Å². The molecular weight excluding hydrogens is 200 g/mol. The topological polar surface area (TPSA) is 37.3 Å². The number of Topliss-reactive ketones (excluding diaryl/α,β-unsaturated/α-hetero) is 1. The Morgan fingerprint density at radius 2 is 2.29 bits per heavy atom. The van der Waals surface area contributed by atoms with E-state index in [9.17, 15) is 9.90 Å². The second kappa shape index (κ2) is 5.13. The lowest BCUT2D eigenvalue weighted by Gasteiger charge is -2.07. The van der Waals surface area contributed by atoms with Gasteiger partial charge < -0.3 is 5.11 Å². The van der Waals surface area contributed by atoms with Crippen molar-refractivity contribution in [2.45, 2.75) is 25.9 Å². The van der Waals surface area contributed by atoms with E-state index in [0.29, 0.717) is 17.0 Å². The minimum absolute atomic E-state index is 0.255. The van der Waals surface area contributed by atoms with Crippen LogP contribution in [-0.4, -0.2) is 17.0 Å². The summed E-state index contributed by atoms with van der Waals surface area (Å²) >= 11 is 5.74. The standard InChI is InChI=1S/C11H13ClO2/c1-2-4-10(13)11(14)8-5-3-6-9(12)7-8/h3,5-7,10,13H,2,4H2,1H3. The van der Waals surface area contributed by atoms with Crippen molar-refractivity contribution < 1.29 is 9.90 Å². The molecule has 76 valence electrons. The van der Waals surface area contributed by atoms with E-state index in [2.05, 4.69) is 0 Å². The number of carbonyl (C=O) groups excluding carboxylic acids is 1. The largest absolute Gasteiger partial charge is 0.385 e. The molecule has 14 heavy (non-hydrogen) atoms. The van der Waals surface area contributed by atoms with Crippen LogP contribution in [0.3, 0.4) is 0 Å². The quantitative estimate of drug-likeness (QED) is 0.780. The Bertz CT molecular complexity index is 323. The van der Waals surface area contributed by atoms with Gasteiger partial charge in [-0.25, -0.2) is 0 Å². The minimum atomic E-state index is -0.904. The number of carbonyl (C=O) groups is 1. The normalized spacial score (nSPS) is 12.5. The molecule has 0 aliphatic rings. The predicted octanol–water partition coefficient (Wildman–Crippen LogP) is 2.68. The first kappa shape index (κ1) is 11.2. The van der Waals surface area contributed by atoms with Gasteiger partial charge in [0.1, 0.15) is 6.10 Å². The minimum Gasteiger partial charge on any atom is -0.385 e. The van der Waals surface area contributed by atoms with Gasteiger partial charge in [0.25, 0.3) is 0 Å². The molecule has 0 amide bonds. The zero-order valence-electron chi connectivity index (χ0n) is 8.03. The maximum absolute atomic E-state index is 11.6. The molecule has 0 aliphatic carbocycles. The van der Waals surface area contributed by atoms with E-state index in [0.717, 1.165) is 6.42 Å². The van der Waals surface area contributed by atoms with Crippen LogP contribution in [0.5, 0.6) is 0 Å². The Labute approximate surface area is 88.5 Å². The number of ketones is 1. The van der Waals surface area contributed by atoms with E-state index in [-0.39, 0.29) is 5.78 Å². The van der Waals surface area contributed by atoms with Crippen LogP contribution in [0, 0.1) is 0 Å². The second-order valence-electron chi connectivity index (χ2n) is 3.18. The third-order valence-corrected chi connectivity index (χ3v) is 2.21. The van der Waals surface area contributed by atoms with Crippen LogP contribution in [-0.2, 0) is 0 Å². The first-order chi connectivity index (χ1) is 6.65. The van der Waals surface area contributed by atoms with E-state index < -0.39 is 6.10 Å². The lowest BCUT2D eigenvalue weighted by molar-refractivity contribution is 0.0729. The molecule has 0 heterocycles. The van der Waals surface area contributed by atoms with E-state index in [1.807, 2.05) is 6.92 Å². The summed E-state index contributed by atoms with van der Waals surface area (Å²) in [6.07, 6.45) is 0.372. The third-order valence-electron chi connectivity index (χ3n) is 1.97. The van der Waals surface area contributed by atoms with Crippen LogP contribution in [0.1, 0.15) is 30.1 Å². The zero-order valence-corrected chi connectivity index (χ0v) is 8.79. The Hall–Kier alpha value is -0.860. The molecule has 0 spiro atoms. The molecule has 0 saturated carbocycles. The summed E-state index contributed by atoms with van der Waals surface area (Å²) in [7, 11) is 0. The van der Waals surface area contributed by atoms with Crippen molar-refractivity contribution in [2.75, 3.05) is 0 Å². The SMILES string of the molecule is CCCC(O)C(=O)c1cccc(Cl)c1. The van der Waals surface area contributed by atoms with Crippen LogP contribution >= 0.6 is 11.6 Å². The zero-order chi connectivity index (χ0) is 10.6. The van der Waals surface area contributed by atoms with Crippen LogP contribution in [0.4, 0.5) is 0 Å². The van der Waals surface area contributed by atoms with E-state index >= 15 is 0 Å². The number of halogens is 1. The van der Waals surface area contributed by atoms with Crippen molar-refractivity contribution in [2.24, 2.45) is 0 Å². The van der Waals surface area contributed by atoms with Gasteiger partial charge >= 0.3 is 0 Å². The van der Waals surface area contributed by atoms with E-state index in [4.69, 9.17) is 11.6 Å². The highest BCUT2D eigenvalue weighted by Gasteiger charge is 2.15. The molecule has 0 bridgehead atoms. The van der Waals surface area contributed by atoms with Crippen molar-refractivity contribution in [1.82, 2.24) is 0 Å². The molecular formula is C11H13ClO2. The number of rotatable bonds is 4. The monoisotopic (exact) mass is 212 g/mol. The number of aliphatic hydroxyl groups is 1. The summed E-state index contributed by atoms with van der Waals surface area (Å²) in [6.45, 7) is 1.93. The Morgan fingerprint density at radius 3 is 2.86 bits per heavy atom. The fraction of sp³-hybridized carbons (Fsp3) is 0.364. The number of benzene rings is 1. The van der Waals surface area contributed by atoms with Gasteiger partial charge in [-0.05, 0) is 18.6 Å². The smallest absolute Gasteiger partial charge is 0.191 e. The second-order valence-corrected chi connectivity index (χ2v) is 3.62. The summed E-state index contributed by atoms with van der Waals surface area (Å²) in [5, 5.41) is 9.98. The van der Waals surface area contributed by atoms with E-state index in [1.165, 1.54) is 0 Å². The summed E-state index contributed by atoms with van der Waals surface area (Å²) in [4.78, 5) is 11.6. The number of hydrogen-bond acceptors (Lipinski definition) is 2. The average molecular weight is 213 g/mol. The maximum atomic E-state index is 11.6. The van der Waals surface area contributed by atoms with Crippen LogP contribution < -0.4 is 0 Å². The number of aliphatic hydroxyl groups excluding tert-OH is 1. The molecule has 0 aliphatic heterocycles. The molecule has 0 fully saturated rings. The molecule has 1 atom stereocenters. The van der Waals surface area contributed by atoms with Gasteiger partial charge in [0.2, 0.25) is 0 Å². The molecule has 1 unspecified atom stereocenters. The fourth-order valence-corrected chi connectivity index (χ4v) is 1.43. The maximum Gasteiger partial charge on any atom is 0.191 e.